The van der Waals surface area contributed by atoms with Crippen LogP contribution in [0.25, 0.3) is 0 Å². The van der Waals surface area contributed by atoms with Gasteiger partial charge < -0.3 is 10.2 Å². The zero-order chi connectivity index (χ0) is 17.2. The Labute approximate surface area is 143 Å². The van der Waals surface area contributed by atoms with E-state index in [4.69, 9.17) is 0 Å². The van der Waals surface area contributed by atoms with E-state index in [1.165, 1.54) is 6.08 Å². The van der Waals surface area contributed by atoms with Gasteiger partial charge in [0.15, 0.2) is 5.78 Å². The van der Waals surface area contributed by atoms with E-state index >= 15 is 0 Å². The lowest BCUT2D eigenvalue weighted by Crippen LogP contribution is -2.50. The summed E-state index contributed by atoms with van der Waals surface area (Å²) in [7, 11) is 0. The minimum atomic E-state index is -0.779. The molecule has 3 rings (SSSR count). The highest BCUT2D eigenvalue weighted by Crippen LogP contribution is 2.34. The van der Waals surface area contributed by atoms with Gasteiger partial charge in [0.1, 0.15) is 0 Å². The molecule has 2 atom stereocenters. The van der Waals surface area contributed by atoms with Crippen LogP contribution in [0.5, 0.6) is 0 Å². The summed E-state index contributed by atoms with van der Waals surface area (Å²) >= 11 is 0. The summed E-state index contributed by atoms with van der Waals surface area (Å²) in [5, 5.41) is 21.5. The van der Waals surface area contributed by atoms with Crippen molar-refractivity contribution in [1.29, 1.82) is 0 Å². The van der Waals surface area contributed by atoms with Crippen molar-refractivity contribution in [2.24, 2.45) is 0 Å². The molecule has 4 heteroatoms. The van der Waals surface area contributed by atoms with E-state index in [-0.39, 0.29) is 11.8 Å². The van der Waals surface area contributed by atoms with Gasteiger partial charge >= 0.3 is 0 Å². The zero-order valence-corrected chi connectivity index (χ0v) is 14.1. The van der Waals surface area contributed by atoms with Gasteiger partial charge in [-0.2, -0.15) is 0 Å². The van der Waals surface area contributed by atoms with Gasteiger partial charge in [0.25, 0.3) is 0 Å². The van der Waals surface area contributed by atoms with E-state index in [0.717, 1.165) is 24.2 Å². The average Bonchev–Trinajstić information content (AvgIpc) is 2.62. The van der Waals surface area contributed by atoms with E-state index in [2.05, 4.69) is 4.90 Å². The zero-order valence-electron chi connectivity index (χ0n) is 14.1. The summed E-state index contributed by atoms with van der Waals surface area (Å²) in [5.74, 6) is 0.0736. The highest BCUT2D eigenvalue weighted by atomic mass is 16.3. The largest absolute Gasteiger partial charge is 0.387 e. The number of likely N-dealkylation sites (tertiary alicyclic amines) is 1. The molecule has 128 valence electrons. The van der Waals surface area contributed by atoms with E-state index in [0.29, 0.717) is 19.3 Å². The molecular weight excluding hydrogens is 302 g/mol. The molecule has 2 aliphatic rings. The molecule has 4 nitrogen and oxygen atoms in total. The maximum Gasteiger partial charge on any atom is 0.159 e. The number of aliphatic hydroxyl groups excluding tert-OH is 1. The number of hydrogen-bond donors (Lipinski definition) is 2. The first-order valence-electron chi connectivity index (χ1n) is 8.60. The normalized spacial score (nSPS) is 23.6. The molecule has 0 amide bonds. The predicted octanol–water partition coefficient (Wildman–Crippen LogP) is 2.17. The summed E-state index contributed by atoms with van der Waals surface area (Å²) in [6.45, 7) is 3.47. The molecule has 2 N–H and O–H groups in total. The second-order valence-electron chi connectivity index (χ2n) is 6.83. The molecule has 0 radical (unpaired) electrons. The summed E-state index contributed by atoms with van der Waals surface area (Å²) < 4.78 is 0. The molecule has 0 unspecified atom stereocenters. The number of carbonyl (C=O) groups is 1. The molecule has 24 heavy (non-hydrogen) atoms. The summed E-state index contributed by atoms with van der Waals surface area (Å²) in [6.07, 6.45) is 6.13. The second-order valence-corrected chi connectivity index (χ2v) is 6.83. The van der Waals surface area contributed by atoms with Crippen LogP contribution in [0, 0.1) is 0 Å². The van der Waals surface area contributed by atoms with Crippen molar-refractivity contribution < 1.29 is 15.0 Å². The van der Waals surface area contributed by atoms with Crippen molar-refractivity contribution in [2.45, 2.75) is 43.9 Å². The molecule has 1 aromatic carbocycles. The molecule has 1 aromatic rings. The third-order valence-corrected chi connectivity index (χ3v) is 5.31. The minimum absolute atomic E-state index is 0.0468. The number of allylic oxidation sites excluding steroid dienone is 2. The first kappa shape index (κ1) is 17.1. The first-order valence-corrected chi connectivity index (χ1v) is 8.60. The standard InChI is InChI=1S/C20H25NO3/c1-15(19(23)16-7-9-18(22)10-8-16)21-13-11-20(24,12-14-21)17-5-3-2-4-6-17/h2-9,15,19,23-24H,10-14H2,1H3/t15-,19+/m0/s1. The van der Waals surface area contributed by atoms with E-state index in [1.54, 1.807) is 6.08 Å². The third-order valence-electron chi connectivity index (χ3n) is 5.31. The number of rotatable bonds is 4. The fraction of sp³-hybridized carbons (Fsp3) is 0.450. The highest BCUT2D eigenvalue weighted by Gasteiger charge is 2.36. The van der Waals surface area contributed by atoms with Gasteiger partial charge in [0, 0.05) is 25.6 Å². The van der Waals surface area contributed by atoms with Crippen LogP contribution in [0.2, 0.25) is 0 Å². The van der Waals surface area contributed by atoms with Gasteiger partial charge in [0.05, 0.1) is 11.7 Å². The molecule has 1 heterocycles. The SMILES string of the molecule is C[C@@H]([C@@H](O)C1=CCC(=O)C=C1)N1CCC(O)(c2ccccc2)CC1. The van der Waals surface area contributed by atoms with Gasteiger partial charge in [-0.05, 0) is 37.0 Å². The van der Waals surface area contributed by atoms with Crippen LogP contribution >= 0.6 is 0 Å². The number of nitrogens with zero attached hydrogens (tertiary/aromatic N) is 1. The van der Waals surface area contributed by atoms with Crippen molar-refractivity contribution in [3.8, 4) is 0 Å². The molecule has 1 fully saturated rings. The Kier molecular flexibility index (Phi) is 4.99. The molecular formula is C20H25NO3. The van der Waals surface area contributed by atoms with Gasteiger partial charge in [-0.15, -0.1) is 0 Å². The second kappa shape index (κ2) is 7.01. The lowest BCUT2D eigenvalue weighted by molar-refractivity contribution is -0.114. The molecule has 0 saturated carbocycles. The quantitative estimate of drug-likeness (QED) is 0.890. The average molecular weight is 327 g/mol. The third kappa shape index (κ3) is 3.51. The number of ketones is 1. The van der Waals surface area contributed by atoms with Crippen molar-refractivity contribution in [2.75, 3.05) is 13.1 Å². The molecule has 1 aliphatic heterocycles. The van der Waals surface area contributed by atoms with Crippen LogP contribution in [0.3, 0.4) is 0 Å². The van der Waals surface area contributed by atoms with Crippen LogP contribution in [-0.2, 0) is 10.4 Å². The Hall–Kier alpha value is -1.75. The maximum atomic E-state index is 11.3. The molecule has 1 aliphatic carbocycles. The number of aliphatic hydroxyl groups is 2. The Balaban J connectivity index is 1.62. The van der Waals surface area contributed by atoms with Gasteiger partial charge in [-0.3, -0.25) is 9.69 Å². The number of carbonyl (C=O) groups excluding carboxylic acids is 1. The van der Waals surface area contributed by atoms with Crippen molar-refractivity contribution >= 4 is 5.78 Å². The lowest BCUT2D eigenvalue weighted by Gasteiger charge is -2.42. The van der Waals surface area contributed by atoms with Gasteiger partial charge in [-0.25, -0.2) is 0 Å². The highest BCUT2D eigenvalue weighted by molar-refractivity contribution is 5.92. The fourth-order valence-corrected chi connectivity index (χ4v) is 3.58. The molecule has 0 spiro atoms. The predicted molar refractivity (Wildman–Crippen MR) is 93.5 cm³/mol. The van der Waals surface area contributed by atoms with E-state index < -0.39 is 11.7 Å². The Bertz CT molecular complexity index is 642. The monoisotopic (exact) mass is 327 g/mol. The van der Waals surface area contributed by atoms with Gasteiger partial charge in [0.2, 0.25) is 0 Å². The smallest absolute Gasteiger partial charge is 0.159 e. The summed E-state index contributed by atoms with van der Waals surface area (Å²) in [5.41, 5.74) is 0.999. The van der Waals surface area contributed by atoms with Crippen LogP contribution in [0.15, 0.2) is 54.1 Å². The van der Waals surface area contributed by atoms with Crippen LogP contribution < -0.4 is 0 Å². The summed E-state index contributed by atoms with van der Waals surface area (Å²) in [4.78, 5) is 13.5. The van der Waals surface area contributed by atoms with E-state index in [9.17, 15) is 15.0 Å². The first-order chi connectivity index (χ1) is 11.5. The van der Waals surface area contributed by atoms with E-state index in [1.807, 2.05) is 43.3 Å². The molecule has 0 aromatic heterocycles. The molecule has 1 saturated heterocycles. The Morgan fingerprint density at radius 3 is 2.38 bits per heavy atom. The van der Waals surface area contributed by atoms with Crippen LogP contribution in [0.1, 0.15) is 31.7 Å². The molecule has 0 bridgehead atoms. The van der Waals surface area contributed by atoms with Crippen molar-refractivity contribution in [3.63, 3.8) is 0 Å². The van der Waals surface area contributed by atoms with Crippen molar-refractivity contribution in [3.05, 3.63) is 59.7 Å². The van der Waals surface area contributed by atoms with Crippen molar-refractivity contribution in [1.82, 2.24) is 4.90 Å². The Morgan fingerprint density at radius 1 is 1.12 bits per heavy atom. The Morgan fingerprint density at radius 2 is 1.79 bits per heavy atom. The minimum Gasteiger partial charge on any atom is -0.387 e. The summed E-state index contributed by atoms with van der Waals surface area (Å²) in [6, 6.07) is 9.76. The number of piperidine rings is 1. The van der Waals surface area contributed by atoms with Gasteiger partial charge in [-0.1, -0.05) is 42.5 Å². The van der Waals surface area contributed by atoms with Crippen LogP contribution in [-0.4, -0.2) is 46.1 Å². The number of benzene rings is 1. The number of hydrogen-bond acceptors (Lipinski definition) is 4. The lowest BCUT2D eigenvalue weighted by atomic mass is 9.83. The maximum absolute atomic E-state index is 11.3. The topological polar surface area (TPSA) is 60.8 Å². The fourth-order valence-electron chi connectivity index (χ4n) is 3.58. The van der Waals surface area contributed by atoms with Crippen LogP contribution in [0.4, 0.5) is 0 Å².